The molecule has 112 valence electrons. The Bertz CT molecular complexity index is 584. The molecule has 21 heavy (non-hydrogen) atoms. The highest BCUT2D eigenvalue weighted by Gasteiger charge is 2.03. The number of phenolic OH excluding ortho intramolecular Hbond substituents is 1. The average molecular weight is 287 g/mol. The van der Waals surface area contributed by atoms with E-state index in [9.17, 15) is 5.11 Å². The van der Waals surface area contributed by atoms with Gasteiger partial charge in [-0.2, -0.15) is 0 Å². The van der Waals surface area contributed by atoms with Crippen molar-refractivity contribution in [2.24, 2.45) is 0 Å². The van der Waals surface area contributed by atoms with E-state index in [1.807, 2.05) is 43.3 Å². The zero-order valence-electron chi connectivity index (χ0n) is 12.2. The number of benzene rings is 2. The average Bonchev–Trinajstić information content (AvgIpc) is 2.51. The summed E-state index contributed by atoms with van der Waals surface area (Å²) in [6.45, 7) is 3.88. The van der Waals surface area contributed by atoms with E-state index in [4.69, 9.17) is 9.84 Å². The van der Waals surface area contributed by atoms with Crippen molar-refractivity contribution in [2.45, 2.75) is 26.6 Å². The summed E-state index contributed by atoms with van der Waals surface area (Å²) in [5.41, 5.74) is 3.09. The molecule has 0 saturated heterocycles. The predicted molar refractivity (Wildman–Crippen MR) is 82.2 cm³/mol. The Balaban J connectivity index is 1.92. The molecule has 4 heteroatoms. The van der Waals surface area contributed by atoms with Crippen LogP contribution in [-0.4, -0.2) is 16.8 Å². The summed E-state index contributed by atoms with van der Waals surface area (Å²) in [6, 6.07) is 13.2. The van der Waals surface area contributed by atoms with Crippen molar-refractivity contribution in [1.82, 2.24) is 5.32 Å². The summed E-state index contributed by atoms with van der Waals surface area (Å²) in [5, 5.41) is 22.1. The first-order valence-corrected chi connectivity index (χ1v) is 7.07. The van der Waals surface area contributed by atoms with Gasteiger partial charge in [0.05, 0.1) is 13.2 Å². The number of aliphatic hydroxyl groups excluding tert-OH is 1. The van der Waals surface area contributed by atoms with E-state index in [0.29, 0.717) is 18.9 Å². The zero-order chi connectivity index (χ0) is 15.1. The van der Waals surface area contributed by atoms with Crippen molar-refractivity contribution in [3.8, 4) is 11.5 Å². The lowest BCUT2D eigenvalue weighted by atomic mass is 10.1. The van der Waals surface area contributed by atoms with Gasteiger partial charge in [-0.25, -0.2) is 0 Å². The number of rotatable bonds is 7. The first kappa shape index (κ1) is 15.4. The highest BCUT2D eigenvalue weighted by Crippen LogP contribution is 2.26. The molecule has 0 amide bonds. The van der Waals surface area contributed by atoms with Crippen molar-refractivity contribution in [3.63, 3.8) is 0 Å². The quantitative estimate of drug-likeness (QED) is 0.732. The summed E-state index contributed by atoms with van der Waals surface area (Å²) in [6.07, 6.45) is 0. The fourth-order valence-corrected chi connectivity index (χ4v) is 2.13. The van der Waals surface area contributed by atoms with Crippen LogP contribution >= 0.6 is 0 Å². The van der Waals surface area contributed by atoms with Crippen LogP contribution in [0.4, 0.5) is 0 Å². The summed E-state index contributed by atoms with van der Waals surface area (Å²) < 4.78 is 5.37. The van der Waals surface area contributed by atoms with Gasteiger partial charge in [-0.05, 0) is 35.7 Å². The van der Waals surface area contributed by atoms with Crippen molar-refractivity contribution < 1.29 is 14.9 Å². The Morgan fingerprint density at radius 2 is 1.71 bits per heavy atom. The molecule has 0 aliphatic heterocycles. The molecule has 0 unspecified atom stereocenters. The fraction of sp³-hybridized carbons (Fsp3) is 0.294. The van der Waals surface area contributed by atoms with Gasteiger partial charge in [0, 0.05) is 13.1 Å². The third kappa shape index (κ3) is 4.48. The molecule has 0 radical (unpaired) electrons. The first-order chi connectivity index (χ1) is 10.2. The van der Waals surface area contributed by atoms with Crippen LogP contribution in [0, 0.1) is 0 Å². The molecule has 0 spiro atoms. The molecule has 4 nitrogen and oxygen atoms in total. The van der Waals surface area contributed by atoms with Gasteiger partial charge in [-0.1, -0.05) is 30.3 Å². The van der Waals surface area contributed by atoms with Crippen LogP contribution in [0.5, 0.6) is 11.5 Å². The van der Waals surface area contributed by atoms with Gasteiger partial charge >= 0.3 is 0 Å². The molecule has 0 fully saturated rings. The minimum Gasteiger partial charge on any atom is -0.504 e. The second-order valence-corrected chi connectivity index (χ2v) is 4.82. The minimum absolute atomic E-state index is 0.0590. The Kier molecular flexibility index (Phi) is 5.60. The van der Waals surface area contributed by atoms with Gasteiger partial charge in [0.1, 0.15) is 0 Å². The van der Waals surface area contributed by atoms with Crippen LogP contribution in [0.25, 0.3) is 0 Å². The lowest BCUT2D eigenvalue weighted by Gasteiger charge is -2.10. The molecule has 0 aliphatic rings. The highest BCUT2D eigenvalue weighted by atomic mass is 16.5. The molecule has 3 N–H and O–H groups in total. The monoisotopic (exact) mass is 287 g/mol. The lowest BCUT2D eigenvalue weighted by Crippen LogP contribution is -2.13. The van der Waals surface area contributed by atoms with Gasteiger partial charge < -0.3 is 20.3 Å². The molecular formula is C17H21NO3. The number of phenols is 1. The Morgan fingerprint density at radius 1 is 1.00 bits per heavy atom. The second kappa shape index (κ2) is 7.67. The topological polar surface area (TPSA) is 61.7 Å². The number of hydrogen-bond acceptors (Lipinski definition) is 4. The van der Waals surface area contributed by atoms with E-state index in [1.165, 1.54) is 0 Å². The number of aliphatic hydroxyl groups is 1. The van der Waals surface area contributed by atoms with E-state index in [2.05, 4.69) is 5.32 Å². The molecular weight excluding hydrogens is 266 g/mol. The summed E-state index contributed by atoms with van der Waals surface area (Å²) in [7, 11) is 0. The standard InChI is InChI=1S/C17H21NO3/c1-2-21-17-9-14(6-7-16(17)20)11-18-10-13-4-3-5-15(8-13)12-19/h3-9,18-20H,2,10-12H2,1H3. The number of ether oxygens (including phenoxy) is 1. The molecule has 0 atom stereocenters. The van der Waals surface area contributed by atoms with Gasteiger partial charge in [0.25, 0.3) is 0 Å². The summed E-state index contributed by atoms with van der Waals surface area (Å²) >= 11 is 0. The fourth-order valence-electron chi connectivity index (χ4n) is 2.13. The van der Waals surface area contributed by atoms with E-state index < -0.39 is 0 Å². The molecule has 2 rings (SSSR count). The maximum absolute atomic E-state index is 9.66. The molecule has 0 bridgehead atoms. The number of hydrogen-bond donors (Lipinski definition) is 3. The van der Waals surface area contributed by atoms with Crippen molar-refractivity contribution in [3.05, 3.63) is 59.2 Å². The van der Waals surface area contributed by atoms with Crippen molar-refractivity contribution in [2.75, 3.05) is 6.61 Å². The molecule has 0 heterocycles. The Hall–Kier alpha value is -2.04. The molecule has 0 aliphatic carbocycles. The van der Waals surface area contributed by atoms with Crippen LogP contribution in [0.2, 0.25) is 0 Å². The van der Waals surface area contributed by atoms with Gasteiger partial charge in [0.2, 0.25) is 0 Å². The van der Waals surface area contributed by atoms with Gasteiger partial charge in [0.15, 0.2) is 11.5 Å². The van der Waals surface area contributed by atoms with Crippen LogP contribution in [0.1, 0.15) is 23.6 Å². The van der Waals surface area contributed by atoms with E-state index in [-0.39, 0.29) is 12.4 Å². The van der Waals surface area contributed by atoms with Crippen LogP contribution in [-0.2, 0) is 19.7 Å². The smallest absolute Gasteiger partial charge is 0.161 e. The lowest BCUT2D eigenvalue weighted by molar-refractivity contribution is 0.281. The highest BCUT2D eigenvalue weighted by molar-refractivity contribution is 5.41. The normalized spacial score (nSPS) is 10.6. The van der Waals surface area contributed by atoms with Crippen LogP contribution in [0.3, 0.4) is 0 Å². The maximum Gasteiger partial charge on any atom is 0.161 e. The minimum atomic E-state index is 0.0590. The first-order valence-electron chi connectivity index (χ1n) is 7.07. The van der Waals surface area contributed by atoms with E-state index in [0.717, 1.165) is 23.2 Å². The summed E-state index contributed by atoms with van der Waals surface area (Å²) in [4.78, 5) is 0. The third-order valence-electron chi connectivity index (χ3n) is 3.16. The largest absolute Gasteiger partial charge is 0.504 e. The molecule has 2 aromatic rings. The third-order valence-corrected chi connectivity index (χ3v) is 3.16. The number of aromatic hydroxyl groups is 1. The molecule has 0 aromatic heterocycles. The Morgan fingerprint density at radius 3 is 2.43 bits per heavy atom. The van der Waals surface area contributed by atoms with Crippen molar-refractivity contribution in [1.29, 1.82) is 0 Å². The van der Waals surface area contributed by atoms with E-state index >= 15 is 0 Å². The van der Waals surface area contributed by atoms with Crippen LogP contribution in [0.15, 0.2) is 42.5 Å². The molecule has 0 saturated carbocycles. The van der Waals surface area contributed by atoms with Gasteiger partial charge in [-0.3, -0.25) is 0 Å². The Labute approximate surface area is 125 Å². The summed E-state index contributed by atoms with van der Waals surface area (Å²) in [5.74, 6) is 0.676. The molecule has 2 aromatic carbocycles. The SMILES string of the molecule is CCOc1cc(CNCc2cccc(CO)c2)ccc1O. The van der Waals surface area contributed by atoms with Crippen LogP contribution < -0.4 is 10.1 Å². The predicted octanol–water partition coefficient (Wildman–Crippen LogP) is 2.57. The van der Waals surface area contributed by atoms with Gasteiger partial charge in [-0.15, -0.1) is 0 Å². The zero-order valence-corrected chi connectivity index (χ0v) is 12.2. The maximum atomic E-state index is 9.66. The number of nitrogens with one attached hydrogen (secondary N) is 1. The second-order valence-electron chi connectivity index (χ2n) is 4.82. The van der Waals surface area contributed by atoms with Crippen molar-refractivity contribution >= 4 is 0 Å². The van der Waals surface area contributed by atoms with E-state index in [1.54, 1.807) is 6.07 Å².